The lowest BCUT2D eigenvalue weighted by Crippen LogP contribution is -2.47. The van der Waals surface area contributed by atoms with Crippen LogP contribution in [0.3, 0.4) is 0 Å². The predicted molar refractivity (Wildman–Crippen MR) is 88.1 cm³/mol. The molecule has 6 heteroatoms. The van der Waals surface area contributed by atoms with Gasteiger partial charge in [0.05, 0.1) is 18.5 Å². The molecule has 0 amide bonds. The SMILES string of the molecule is CC(C)CS(=O)(=O)NC[C@H]1CN(Cc2ccccc2)CCO1. The lowest BCUT2D eigenvalue weighted by Gasteiger charge is -2.33. The molecular formula is C16H26N2O3S. The molecule has 124 valence electrons. The number of ether oxygens (including phenoxy) is 1. The number of nitrogens with one attached hydrogen (secondary N) is 1. The van der Waals surface area contributed by atoms with Gasteiger partial charge in [-0.2, -0.15) is 0 Å². The minimum atomic E-state index is -3.21. The monoisotopic (exact) mass is 326 g/mol. The molecule has 1 aromatic carbocycles. The fraction of sp³-hybridized carbons (Fsp3) is 0.625. The maximum absolute atomic E-state index is 11.9. The number of rotatable bonds is 7. The summed E-state index contributed by atoms with van der Waals surface area (Å²) in [4.78, 5) is 2.31. The topological polar surface area (TPSA) is 58.6 Å². The highest BCUT2D eigenvalue weighted by molar-refractivity contribution is 7.89. The number of hydrogen-bond donors (Lipinski definition) is 1. The molecule has 0 unspecified atom stereocenters. The van der Waals surface area contributed by atoms with E-state index in [1.165, 1.54) is 5.56 Å². The molecule has 1 fully saturated rings. The van der Waals surface area contributed by atoms with Gasteiger partial charge in [0.15, 0.2) is 0 Å². The zero-order valence-corrected chi connectivity index (χ0v) is 14.2. The third-order valence-corrected chi connectivity index (χ3v) is 5.27. The first kappa shape index (κ1) is 17.4. The fourth-order valence-electron chi connectivity index (χ4n) is 2.61. The first-order valence-electron chi connectivity index (χ1n) is 7.80. The van der Waals surface area contributed by atoms with Gasteiger partial charge in [-0.3, -0.25) is 4.90 Å². The summed E-state index contributed by atoms with van der Waals surface area (Å²) in [6.45, 7) is 7.29. The Morgan fingerprint density at radius 3 is 2.73 bits per heavy atom. The lowest BCUT2D eigenvalue weighted by atomic mass is 10.2. The number of morpholine rings is 1. The van der Waals surface area contributed by atoms with Gasteiger partial charge in [-0.05, 0) is 11.5 Å². The van der Waals surface area contributed by atoms with Gasteiger partial charge in [-0.25, -0.2) is 13.1 Å². The minimum absolute atomic E-state index is 0.0839. The van der Waals surface area contributed by atoms with E-state index in [0.717, 1.165) is 19.6 Å². The van der Waals surface area contributed by atoms with E-state index in [2.05, 4.69) is 21.8 Å². The summed E-state index contributed by atoms with van der Waals surface area (Å²) in [6, 6.07) is 10.3. The Balaban J connectivity index is 1.81. The van der Waals surface area contributed by atoms with Gasteiger partial charge in [0.1, 0.15) is 0 Å². The van der Waals surface area contributed by atoms with E-state index >= 15 is 0 Å². The second-order valence-corrected chi connectivity index (χ2v) is 8.09. The van der Waals surface area contributed by atoms with Crippen LogP contribution in [0.2, 0.25) is 0 Å². The summed E-state index contributed by atoms with van der Waals surface area (Å²) >= 11 is 0. The van der Waals surface area contributed by atoms with Crippen molar-refractivity contribution in [3.05, 3.63) is 35.9 Å². The quantitative estimate of drug-likeness (QED) is 0.824. The first-order chi connectivity index (χ1) is 10.4. The van der Waals surface area contributed by atoms with E-state index in [0.29, 0.717) is 13.2 Å². The van der Waals surface area contributed by atoms with Crippen molar-refractivity contribution in [2.75, 3.05) is 32.0 Å². The highest BCUT2D eigenvalue weighted by Crippen LogP contribution is 2.10. The number of benzene rings is 1. The molecule has 0 aliphatic carbocycles. The van der Waals surface area contributed by atoms with Gasteiger partial charge in [-0.15, -0.1) is 0 Å². The smallest absolute Gasteiger partial charge is 0.211 e. The molecule has 1 saturated heterocycles. The molecular weight excluding hydrogens is 300 g/mol. The third kappa shape index (κ3) is 6.04. The van der Waals surface area contributed by atoms with Gasteiger partial charge < -0.3 is 4.74 Å². The van der Waals surface area contributed by atoms with E-state index < -0.39 is 10.0 Å². The molecule has 1 atom stereocenters. The number of hydrogen-bond acceptors (Lipinski definition) is 4. The Morgan fingerprint density at radius 2 is 2.05 bits per heavy atom. The van der Waals surface area contributed by atoms with Crippen LogP contribution >= 0.6 is 0 Å². The Morgan fingerprint density at radius 1 is 1.32 bits per heavy atom. The average molecular weight is 326 g/mol. The molecule has 0 radical (unpaired) electrons. The van der Waals surface area contributed by atoms with Crippen molar-refractivity contribution < 1.29 is 13.2 Å². The molecule has 22 heavy (non-hydrogen) atoms. The summed E-state index contributed by atoms with van der Waals surface area (Å²) < 4.78 is 32.1. The number of nitrogens with zero attached hydrogens (tertiary/aromatic N) is 1. The molecule has 5 nitrogen and oxygen atoms in total. The van der Waals surface area contributed by atoms with Crippen LogP contribution in [-0.4, -0.2) is 51.4 Å². The van der Waals surface area contributed by atoms with Gasteiger partial charge in [-0.1, -0.05) is 44.2 Å². The third-order valence-electron chi connectivity index (χ3n) is 3.56. The van der Waals surface area contributed by atoms with Crippen molar-refractivity contribution in [1.82, 2.24) is 9.62 Å². The molecule has 0 aromatic heterocycles. The molecule has 1 N–H and O–H groups in total. The van der Waals surface area contributed by atoms with Gasteiger partial charge in [0.2, 0.25) is 10.0 Å². The average Bonchev–Trinajstić information content (AvgIpc) is 2.45. The van der Waals surface area contributed by atoms with Crippen molar-refractivity contribution in [3.63, 3.8) is 0 Å². The molecule has 0 spiro atoms. The largest absolute Gasteiger partial charge is 0.374 e. The highest BCUT2D eigenvalue weighted by Gasteiger charge is 2.22. The molecule has 0 saturated carbocycles. The maximum Gasteiger partial charge on any atom is 0.211 e. The van der Waals surface area contributed by atoms with E-state index in [9.17, 15) is 8.42 Å². The van der Waals surface area contributed by atoms with Crippen molar-refractivity contribution in [2.24, 2.45) is 5.92 Å². The van der Waals surface area contributed by atoms with Crippen LogP contribution in [0.15, 0.2) is 30.3 Å². The summed E-state index contributed by atoms with van der Waals surface area (Å²) in [7, 11) is -3.21. The van der Waals surface area contributed by atoms with Crippen LogP contribution in [-0.2, 0) is 21.3 Å². The second kappa shape index (κ2) is 8.06. The maximum atomic E-state index is 11.9. The van der Waals surface area contributed by atoms with Crippen molar-refractivity contribution in [1.29, 1.82) is 0 Å². The van der Waals surface area contributed by atoms with Gasteiger partial charge >= 0.3 is 0 Å². The zero-order chi connectivity index (χ0) is 16.0. The lowest BCUT2D eigenvalue weighted by molar-refractivity contribution is -0.0276. The van der Waals surface area contributed by atoms with E-state index in [1.54, 1.807) is 0 Å². The molecule has 1 aliphatic rings. The van der Waals surface area contributed by atoms with Crippen molar-refractivity contribution in [3.8, 4) is 0 Å². The summed E-state index contributed by atoms with van der Waals surface area (Å²) in [6.07, 6.45) is -0.0839. The van der Waals surface area contributed by atoms with Crippen LogP contribution in [0.5, 0.6) is 0 Å². The van der Waals surface area contributed by atoms with Crippen LogP contribution in [0.25, 0.3) is 0 Å². The minimum Gasteiger partial charge on any atom is -0.374 e. The Hall–Kier alpha value is -0.950. The van der Waals surface area contributed by atoms with E-state index in [4.69, 9.17) is 4.74 Å². The standard InChI is InChI=1S/C16H26N2O3S/c1-14(2)13-22(19,20)17-10-16-12-18(8-9-21-16)11-15-6-4-3-5-7-15/h3-7,14,16-17H,8-13H2,1-2H3/t16-/m0/s1. The van der Waals surface area contributed by atoms with Gasteiger partial charge in [0.25, 0.3) is 0 Å². The van der Waals surface area contributed by atoms with E-state index in [-0.39, 0.29) is 17.8 Å². The summed E-state index contributed by atoms with van der Waals surface area (Å²) in [5.74, 6) is 0.285. The van der Waals surface area contributed by atoms with E-state index in [1.807, 2.05) is 32.0 Å². The molecule has 1 heterocycles. The first-order valence-corrected chi connectivity index (χ1v) is 9.45. The molecule has 1 aliphatic heterocycles. The number of sulfonamides is 1. The van der Waals surface area contributed by atoms with Gasteiger partial charge in [0, 0.05) is 26.2 Å². The van der Waals surface area contributed by atoms with Crippen LogP contribution in [0, 0.1) is 5.92 Å². The summed E-state index contributed by atoms with van der Waals surface area (Å²) in [5, 5.41) is 0. The Labute approximate surface area is 133 Å². The molecule has 1 aromatic rings. The molecule has 2 rings (SSSR count). The van der Waals surface area contributed by atoms with Crippen LogP contribution in [0.1, 0.15) is 19.4 Å². The van der Waals surface area contributed by atoms with Crippen LogP contribution in [0.4, 0.5) is 0 Å². The van der Waals surface area contributed by atoms with Crippen molar-refractivity contribution in [2.45, 2.75) is 26.5 Å². The fourth-order valence-corrected chi connectivity index (χ4v) is 4.04. The second-order valence-electron chi connectivity index (χ2n) is 6.24. The summed E-state index contributed by atoms with van der Waals surface area (Å²) in [5.41, 5.74) is 1.27. The Kier molecular flexibility index (Phi) is 6.37. The Bertz CT molecular complexity index is 546. The highest BCUT2D eigenvalue weighted by atomic mass is 32.2. The predicted octanol–water partition coefficient (Wildman–Crippen LogP) is 1.46. The normalized spacial score (nSPS) is 20.4. The zero-order valence-electron chi connectivity index (χ0n) is 13.4. The van der Waals surface area contributed by atoms with Crippen LogP contribution < -0.4 is 4.72 Å². The molecule has 0 bridgehead atoms. The van der Waals surface area contributed by atoms with Crippen molar-refractivity contribution >= 4 is 10.0 Å².